The van der Waals surface area contributed by atoms with E-state index in [-0.39, 0.29) is 15.6 Å². The first kappa shape index (κ1) is 15.9. The number of aromatic nitrogens is 2. The lowest BCUT2D eigenvalue weighted by Crippen LogP contribution is -2.15. The highest BCUT2D eigenvalue weighted by atomic mass is 79.9. The third-order valence-corrected chi connectivity index (χ3v) is 6.04. The standard InChI is InChI=1S/C11H10BrN3O4S2/c1-5-3-7(10(16)17)4-8(9(5)12)21(18,19)15-11-13-6(2)14-20-11/h3-4H,1-2H3,(H,16,17)(H,13,14,15). The molecule has 21 heavy (non-hydrogen) atoms. The number of halogens is 1. The number of carboxylic acid groups (broad SMARTS) is 1. The van der Waals surface area contributed by atoms with Gasteiger partial charge in [-0.15, -0.1) is 0 Å². The Morgan fingerprint density at radius 2 is 2.05 bits per heavy atom. The maximum absolute atomic E-state index is 12.4. The summed E-state index contributed by atoms with van der Waals surface area (Å²) in [4.78, 5) is 14.8. The second-order valence-corrected chi connectivity index (χ2v) is 7.36. The molecule has 0 saturated carbocycles. The van der Waals surface area contributed by atoms with Crippen LogP contribution in [0.15, 0.2) is 21.5 Å². The number of aromatic carboxylic acids is 1. The monoisotopic (exact) mass is 391 g/mol. The fraction of sp³-hybridized carbons (Fsp3) is 0.182. The van der Waals surface area contributed by atoms with Crippen molar-refractivity contribution in [3.8, 4) is 0 Å². The van der Waals surface area contributed by atoms with Gasteiger partial charge in [-0.05, 0) is 47.5 Å². The van der Waals surface area contributed by atoms with Crippen molar-refractivity contribution in [2.24, 2.45) is 0 Å². The van der Waals surface area contributed by atoms with E-state index in [1.54, 1.807) is 13.8 Å². The molecule has 1 aromatic heterocycles. The van der Waals surface area contributed by atoms with Crippen molar-refractivity contribution in [1.29, 1.82) is 0 Å². The molecular formula is C11H10BrN3O4S2. The highest BCUT2D eigenvalue weighted by Crippen LogP contribution is 2.29. The lowest BCUT2D eigenvalue weighted by atomic mass is 10.1. The van der Waals surface area contributed by atoms with Gasteiger partial charge >= 0.3 is 5.97 Å². The number of carbonyl (C=O) groups is 1. The maximum Gasteiger partial charge on any atom is 0.335 e. The van der Waals surface area contributed by atoms with Crippen LogP contribution >= 0.6 is 27.5 Å². The number of aryl methyl sites for hydroxylation is 2. The number of benzene rings is 1. The molecule has 7 nitrogen and oxygen atoms in total. The highest BCUT2D eigenvalue weighted by molar-refractivity contribution is 9.10. The van der Waals surface area contributed by atoms with Crippen LogP contribution in [0.3, 0.4) is 0 Å². The number of rotatable bonds is 4. The summed E-state index contributed by atoms with van der Waals surface area (Å²) in [5, 5.41) is 9.16. The molecule has 0 amide bonds. The van der Waals surface area contributed by atoms with Crippen molar-refractivity contribution in [1.82, 2.24) is 9.36 Å². The van der Waals surface area contributed by atoms with Gasteiger partial charge in [-0.2, -0.15) is 4.37 Å². The quantitative estimate of drug-likeness (QED) is 0.827. The van der Waals surface area contributed by atoms with Crippen molar-refractivity contribution in [2.45, 2.75) is 18.7 Å². The first-order valence-electron chi connectivity index (χ1n) is 5.57. The van der Waals surface area contributed by atoms with Crippen LogP contribution in [0.25, 0.3) is 0 Å². The molecule has 1 aromatic carbocycles. The van der Waals surface area contributed by atoms with E-state index in [0.717, 1.165) is 17.6 Å². The molecule has 0 radical (unpaired) electrons. The number of hydrogen-bond donors (Lipinski definition) is 2. The van der Waals surface area contributed by atoms with Crippen LogP contribution in [-0.4, -0.2) is 28.9 Å². The predicted octanol–water partition coefficient (Wildman–Crippen LogP) is 2.42. The van der Waals surface area contributed by atoms with E-state index < -0.39 is 16.0 Å². The second-order valence-electron chi connectivity index (χ2n) is 4.16. The zero-order valence-electron chi connectivity index (χ0n) is 10.9. The van der Waals surface area contributed by atoms with Crippen LogP contribution in [0.4, 0.5) is 5.13 Å². The fourth-order valence-corrected chi connectivity index (χ4v) is 4.41. The zero-order chi connectivity index (χ0) is 15.8. The summed E-state index contributed by atoms with van der Waals surface area (Å²) in [6.45, 7) is 3.25. The molecule has 2 aromatic rings. The van der Waals surface area contributed by atoms with Crippen molar-refractivity contribution in [2.75, 3.05) is 4.72 Å². The number of sulfonamides is 1. The van der Waals surface area contributed by atoms with Crippen LogP contribution in [0.1, 0.15) is 21.7 Å². The van der Waals surface area contributed by atoms with Crippen LogP contribution < -0.4 is 4.72 Å². The van der Waals surface area contributed by atoms with Crippen LogP contribution in [0.2, 0.25) is 0 Å². The van der Waals surface area contributed by atoms with Crippen molar-refractivity contribution in [3.05, 3.63) is 33.6 Å². The molecule has 112 valence electrons. The second kappa shape index (κ2) is 5.70. The van der Waals surface area contributed by atoms with E-state index in [2.05, 4.69) is 30.0 Å². The van der Waals surface area contributed by atoms with E-state index in [0.29, 0.717) is 15.9 Å². The Balaban J connectivity index is 2.51. The largest absolute Gasteiger partial charge is 0.478 e. The molecule has 0 saturated heterocycles. The summed E-state index contributed by atoms with van der Waals surface area (Å²) in [6.07, 6.45) is 0. The molecule has 10 heteroatoms. The molecule has 0 unspecified atom stereocenters. The normalized spacial score (nSPS) is 11.4. The summed E-state index contributed by atoms with van der Waals surface area (Å²) >= 11 is 4.08. The predicted molar refractivity (Wildman–Crippen MR) is 81.3 cm³/mol. The number of nitrogens with one attached hydrogen (secondary N) is 1. The summed E-state index contributed by atoms with van der Waals surface area (Å²) in [6, 6.07) is 2.48. The highest BCUT2D eigenvalue weighted by Gasteiger charge is 2.23. The van der Waals surface area contributed by atoms with Gasteiger partial charge in [0.25, 0.3) is 10.0 Å². The van der Waals surface area contributed by atoms with Crippen molar-refractivity contribution >= 4 is 48.6 Å². The van der Waals surface area contributed by atoms with Crippen LogP contribution in [0, 0.1) is 13.8 Å². The van der Waals surface area contributed by atoms with E-state index in [4.69, 9.17) is 5.11 Å². The van der Waals surface area contributed by atoms with Gasteiger partial charge in [0.15, 0.2) is 0 Å². The Kier molecular flexibility index (Phi) is 4.30. The van der Waals surface area contributed by atoms with E-state index in [9.17, 15) is 13.2 Å². The third kappa shape index (κ3) is 3.39. The molecule has 0 spiro atoms. The average Bonchev–Trinajstić information content (AvgIpc) is 2.76. The number of nitrogens with zero attached hydrogens (tertiary/aromatic N) is 2. The first-order chi connectivity index (χ1) is 9.70. The first-order valence-corrected chi connectivity index (χ1v) is 8.62. The van der Waals surface area contributed by atoms with Gasteiger partial charge in [-0.1, -0.05) is 0 Å². The fourth-order valence-electron chi connectivity index (χ4n) is 1.56. The Morgan fingerprint density at radius 1 is 1.38 bits per heavy atom. The van der Waals surface area contributed by atoms with Crippen molar-refractivity contribution in [3.63, 3.8) is 0 Å². The minimum absolute atomic E-state index is 0.107. The molecule has 0 aliphatic carbocycles. The number of hydrogen-bond acceptors (Lipinski definition) is 6. The topological polar surface area (TPSA) is 109 Å². The van der Waals surface area contributed by atoms with Gasteiger partial charge in [0, 0.05) is 16.0 Å². The smallest absolute Gasteiger partial charge is 0.335 e. The molecule has 0 atom stereocenters. The molecule has 0 bridgehead atoms. The Bertz CT molecular complexity index is 817. The molecular weight excluding hydrogens is 382 g/mol. The summed E-state index contributed by atoms with van der Waals surface area (Å²) in [5.41, 5.74) is 0.397. The van der Waals surface area contributed by atoms with Gasteiger partial charge < -0.3 is 5.11 Å². The van der Waals surface area contributed by atoms with Gasteiger partial charge in [0.05, 0.1) is 5.56 Å². The molecule has 0 fully saturated rings. The SMILES string of the molecule is Cc1nsc(NS(=O)(=O)c2cc(C(=O)O)cc(C)c2Br)n1. The molecule has 0 aliphatic rings. The lowest BCUT2D eigenvalue weighted by Gasteiger charge is -2.10. The van der Waals surface area contributed by atoms with Crippen LogP contribution in [0.5, 0.6) is 0 Å². The summed E-state index contributed by atoms with van der Waals surface area (Å²) in [7, 11) is -3.96. The van der Waals surface area contributed by atoms with E-state index >= 15 is 0 Å². The molecule has 2 rings (SSSR count). The third-order valence-electron chi connectivity index (χ3n) is 2.51. The number of anilines is 1. The lowest BCUT2D eigenvalue weighted by molar-refractivity contribution is 0.0696. The van der Waals surface area contributed by atoms with Gasteiger partial charge in [-0.25, -0.2) is 18.2 Å². The Morgan fingerprint density at radius 3 is 2.57 bits per heavy atom. The van der Waals surface area contributed by atoms with E-state index in [1.807, 2.05) is 0 Å². The minimum Gasteiger partial charge on any atom is -0.478 e. The van der Waals surface area contributed by atoms with E-state index in [1.165, 1.54) is 6.07 Å². The van der Waals surface area contributed by atoms with Gasteiger partial charge in [-0.3, -0.25) is 4.72 Å². The maximum atomic E-state index is 12.4. The molecule has 2 N–H and O–H groups in total. The van der Waals surface area contributed by atoms with Crippen LogP contribution in [-0.2, 0) is 10.0 Å². The van der Waals surface area contributed by atoms with Crippen molar-refractivity contribution < 1.29 is 18.3 Å². The zero-order valence-corrected chi connectivity index (χ0v) is 14.1. The molecule has 0 aliphatic heterocycles. The Hall–Kier alpha value is -1.52. The average molecular weight is 392 g/mol. The number of carboxylic acids is 1. The molecule has 1 heterocycles. The Labute approximate surface area is 133 Å². The summed E-state index contributed by atoms with van der Waals surface area (Å²) in [5.74, 6) is -0.749. The van der Waals surface area contributed by atoms with Gasteiger partial charge in [0.2, 0.25) is 5.13 Å². The minimum atomic E-state index is -3.96. The van der Waals surface area contributed by atoms with Gasteiger partial charge in [0.1, 0.15) is 10.7 Å². The summed E-state index contributed by atoms with van der Waals surface area (Å²) < 4.78 is 31.2.